The number of benzene rings is 1. The SMILES string of the molecule is Cc1cc(C)c(CNc2nc(N(C)C)n[nH]2)cc1C. The fourth-order valence-electron chi connectivity index (χ4n) is 1.92. The summed E-state index contributed by atoms with van der Waals surface area (Å²) < 4.78 is 0. The average Bonchev–Trinajstić information content (AvgIpc) is 2.81. The van der Waals surface area contributed by atoms with Gasteiger partial charge in [0.15, 0.2) is 0 Å². The zero-order valence-electron chi connectivity index (χ0n) is 12.2. The highest BCUT2D eigenvalue weighted by molar-refractivity contribution is 5.40. The fraction of sp³-hybridized carbons (Fsp3) is 0.429. The van der Waals surface area contributed by atoms with Crippen LogP contribution in [0.15, 0.2) is 12.1 Å². The van der Waals surface area contributed by atoms with E-state index in [1.165, 1.54) is 22.3 Å². The molecule has 0 saturated carbocycles. The third-order valence-electron chi connectivity index (χ3n) is 3.27. The second-order valence-corrected chi connectivity index (χ2v) is 5.09. The van der Waals surface area contributed by atoms with Crippen molar-refractivity contribution in [3.63, 3.8) is 0 Å². The van der Waals surface area contributed by atoms with Gasteiger partial charge < -0.3 is 10.2 Å². The Morgan fingerprint density at radius 1 is 1.11 bits per heavy atom. The van der Waals surface area contributed by atoms with E-state index in [0.717, 1.165) is 6.54 Å². The van der Waals surface area contributed by atoms with Gasteiger partial charge in [0.2, 0.25) is 11.9 Å². The van der Waals surface area contributed by atoms with E-state index in [1.807, 2.05) is 19.0 Å². The van der Waals surface area contributed by atoms with Crippen LogP contribution in [0.3, 0.4) is 0 Å². The van der Waals surface area contributed by atoms with Gasteiger partial charge in [-0.15, -0.1) is 5.10 Å². The van der Waals surface area contributed by atoms with E-state index in [0.29, 0.717) is 11.9 Å². The largest absolute Gasteiger partial charge is 0.350 e. The Morgan fingerprint density at radius 3 is 2.42 bits per heavy atom. The van der Waals surface area contributed by atoms with Gasteiger partial charge in [0.25, 0.3) is 0 Å². The highest BCUT2D eigenvalue weighted by Crippen LogP contribution is 2.16. The lowest BCUT2D eigenvalue weighted by Crippen LogP contribution is -2.10. The molecule has 102 valence electrons. The van der Waals surface area contributed by atoms with Crippen LogP contribution in [0.2, 0.25) is 0 Å². The summed E-state index contributed by atoms with van der Waals surface area (Å²) in [5.74, 6) is 1.38. The monoisotopic (exact) mass is 259 g/mol. The first-order chi connectivity index (χ1) is 8.97. The molecule has 0 atom stereocenters. The lowest BCUT2D eigenvalue weighted by molar-refractivity contribution is 0.995. The van der Waals surface area contributed by atoms with Crippen molar-refractivity contribution in [2.75, 3.05) is 24.3 Å². The number of hydrogen-bond donors (Lipinski definition) is 2. The number of anilines is 2. The van der Waals surface area contributed by atoms with Crippen molar-refractivity contribution in [1.82, 2.24) is 15.2 Å². The van der Waals surface area contributed by atoms with Crippen LogP contribution < -0.4 is 10.2 Å². The topological polar surface area (TPSA) is 56.8 Å². The van der Waals surface area contributed by atoms with E-state index in [-0.39, 0.29) is 0 Å². The van der Waals surface area contributed by atoms with Gasteiger partial charge in [0, 0.05) is 20.6 Å². The van der Waals surface area contributed by atoms with E-state index >= 15 is 0 Å². The fourth-order valence-corrected chi connectivity index (χ4v) is 1.92. The predicted molar refractivity (Wildman–Crippen MR) is 78.7 cm³/mol. The number of aromatic nitrogens is 3. The number of H-pyrrole nitrogens is 1. The molecular formula is C14H21N5. The summed E-state index contributed by atoms with van der Waals surface area (Å²) in [4.78, 5) is 6.21. The van der Waals surface area contributed by atoms with Crippen molar-refractivity contribution in [3.8, 4) is 0 Å². The molecule has 1 aromatic carbocycles. The molecular weight excluding hydrogens is 238 g/mol. The summed E-state index contributed by atoms with van der Waals surface area (Å²) in [6.45, 7) is 7.15. The number of aromatic amines is 1. The minimum absolute atomic E-state index is 0.680. The molecule has 1 aromatic heterocycles. The minimum atomic E-state index is 0.680. The second-order valence-electron chi connectivity index (χ2n) is 5.09. The number of hydrogen-bond acceptors (Lipinski definition) is 4. The molecule has 0 fully saturated rings. The Balaban J connectivity index is 2.07. The van der Waals surface area contributed by atoms with Crippen LogP contribution >= 0.6 is 0 Å². The van der Waals surface area contributed by atoms with Gasteiger partial charge in [-0.1, -0.05) is 12.1 Å². The van der Waals surface area contributed by atoms with Crippen molar-refractivity contribution < 1.29 is 0 Å². The van der Waals surface area contributed by atoms with Crippen LogP contribution in [0.5, 0.6) is 0 Å². The van der Waals surface area contributed by atoms with E-state index < -0.39 is 0 Å². The van der Waals surface area contributed by atoms with Crippen molar-refractivity contribution in [2.45, 2.75) is 27.3 Å². The van der Waals surface area contributed by atoms with E-state index in [9.17, 15) is 0 Å². The summed E-state index contributed by atoms with van der Waals surface area (Å²) in [5.41, 5.74) is 5.22. The van der Waals surface area contributed by atoms with Crippen molar-refractivity contribution in [2.24, 2.45) is 0 Å². The first-order valence-corrected chi connectivity index (χ1v) is 6.37. The Labute approximate surface area is 114 Å². The lowest BCUT2D eigenvalue weighted by atomic mass is 10.0. The third kappa shape index (κ3) is 3.05. The molecule has 0 saturated heterocycles. The lowest BCUT2D eigenvalue weighted by Gasteiger charge is -2.10. The van der Waals surface area contributed by atoms with Gasteiger partial charge in [0.1, 0.15) is 0 Å². The molecule has 0 aliphatic carbocycles. The van der Waals surface area contributed by atoms with Crippen LogP contribution in [-0.2, 0) is 6.54 Å². The maximum Gasteiger partial charge on any atom is 0.245 e. The molecule has 0 amide bonds. The average molecular weight is 259 g/mol. The highest BCUT2D eigenvalue weighted by Gasteiger charge is 2.06. The van der Waals surface area contributed by atoms with Gasteiger partial charge in [-0.25, -0.2) is 5.10 Å². The maximum absolute atomic E-state index is 4.34. The number of rotatable bonds is 4. The molecule has 5 nitrogen and oxygen atoms in total. The Kier molecular flexibility index (Phi) is 3.74. The van der Waals surface area contributed by atoms with Gasteiger partial charge in [-0.2, -0.15) is 4.98 Å². The number of nitrogens with zero attached hydrogens (tertiary/aromatic N) is 3. The van der Waals surface area contributed by atoms with E-state index in [2.05, 4.69) is 53.4 Å². The van der Waals surface area contributed by atoms with Crippen LogP contribution in [-0.4, -0.2) is 29.3 Å². The molecule has 19 heavy (non-hydrogen) atoms. The van der Waals surface area contributed by atoms with Crippen LogP contribution in [0.25, 0.3) is 0 Å². The van der Waals surface area contributed by atoms with Crippen LogP contribution in [0.4, 0.5) is 11.9 Å². The molecule has 2 N–H and O–H groups in total. The predicted octanol–water partition coefficient (Wildman–Crippen LogP) is 2.41. The Bertz CT molecular complexity index is 571. The highest BCUT2D eigenvalue weighted by atomic mass is 15.4. The zero-order chi connectivity index (χ0) is 14.0. The van der Waals surface area contributed by atoms with Gasteiger partial charge in [-0.3, -0.25) is 0 Å². The molecule has 5 heteroatoms. The Morgan fingerprint density at radius 2 is 1.79 bits per heavy atom. The molecule has 2 rings (SSSR count). The van der Waals surface area contributed by atoms with E-state index in [1.54, 1.807) is 0 Å². The molecule has 0 radical (unpaired) electrons. The third-order valence-corrected chi connectivity index (χ3v) is 3.27. The van der Waals surface area contributed by atoms with Gasteiger partial charge >= 0.3 is 0 Å². The molecule has 0 bridgehead atoms. The molecule has 2 aromatic rings. The van der Waals surface area contributed by atoms with E-state index in [4.69, 9.17) is 0 Å². The second kappa shape index (κ2) is 5.30. The van der Waals surface area contributed by atoms with Crippen LogP contribution in [0, 0.1) is 20.8 Å². The first-order valence-electron chi connectivity index (χ1n) is 6.37. The summed E-state index contributed by atoms with van der Waals surface area (Å²) in [6, 6.07) is 4.44. The summed E-state index contributed by atoms with van der Waals surface area (Å²) in [6.07, 6.45) is 0. The van der Waals surface area contributed by atoms with Crippen molar-refractivity contribution in [3.05, 3.63) is 34.4 Å². The quantitative estimate of drug-likeness (QED) is 0.885. The first kappa shape index (κ1) is 13.4. The van der Waals surface area contributed by atoms with Gasteiger partial charge in [-0.05, 0) is 43.0 Å². The molecule has 0 aliphatic rings. The van der Waals surface area contributed by atoms with Crippen LogP contribution in [0.1, 0.15) is 22.3 Å². The standard InChI is InChI=1S/C14H21N5/c1-9-6-11(3)12(7-10(9)2)8-15-13-16-14(18-17-13)19(4)5/h6-7H,8H2,1-5H3,(H2,15,16,17,18). The van der Waals surface area contributed by atoms with Crippen molar-refractivity contribution in [1.29, 1.82) is 0 Å². The molecule has 0 aliphatic heterocycles. The number of aryl methyl sites for hydroxylation is 3. The number of nitrogens with one attached hydrogen (secondary N) is 2. The summed E-state index contributed by atoms with van der Waals surface area (Å²) in [7, 11) is 3.83. The summed E-state index contributed by atoms with van der Waals surface area (Å²) >= 11 is 0. The maximum atomic E-state index is 4.34. The molecule has 0 unspecified atom stereocenters. The smallest absolute Gasteiger partial charge is 0.245 e. The molecule has 1 heterocycles. The zero-order valence-corrected chi connectivity index (χ0v) is 12.2. The van der Waals surface area contributed by atoms with Gasteiger partial charge in [0.05, 0.1) is 0 Å². The minimum Gasteiger partial charge on any atom is -0.350 e. The normalized spacial score (nSPS) is 10.6. The van der Waals surface area contributed by atoms with Crippen molar-refractivity contribution >= 4 is 11.9 Å². The Hall–Kier alpha value is -2.04. The molecule has 0 spiro atoms. The summed E-state index contributed by atoms with van der Waals surface area (Å²) in [5, 5.41) is 10.3.